The summed E-state index contributed by atoms with van der Waals surface area (Å²) in [7, 11) is 2.06. The molecule has 1 aromatic carbocycles. The van der Waals surface area contributed by atoms with E-state index in [0.717, 1.165) is 24.3 Å². The van der Waals surface area contributed by atoms with Crippen molar-refractivity contribution in [1.82, 2.24) is 9.88 Å². The van der Waals surface area contributed by atoms with Crippen LogP contribution in [0.3, 0.4) is 0 Å². The molecule has 0 saturated heterocycles. The summed E-state index contributed by atoms with van der Waals surface area (Å²) in [6, 6.07) is 12.4. The van der Waals surface area contributed by atoms with Crippen molar-refractivity contribution in [1.29, 1.82) is 0 Å². The first-order valence-electron chi connectivity index (χ1n) is 5.53. The number of pyridine rings is 1. The fourth-order valence-corrected chi connectivity index (χ4v) is 1.77. The SMILES string of the molecule is CN(CCN)Cc1ccc2ccccc2n1. The van der Waals surface area contributed by atoms with Gasteiger partial charge in [0.25, 0.3) is 0 Å². The van der Waals surface area contributed by atoms with E-state index in [1.54, 1.807) is 0 Å². The average Bonchev–Trinajstić information content (AvgIpc) is 2.29. The molecule has 0 unspecified atom stereocenters. The lowest BCUT2D eigenvalue weighted by Gasteiger charge is -2.14. The van der Waals surface area contributed by atoms with E-state index in [1.165, 1.54) is 5.39 Å². The highest BCUT2D eigenvalue weighted by molar-refractivity contribution is 5.78. The molecule has 3 nitrogen and oxygen atoms in total. The molecular weight excluding hydrogens is 198 g/mol. The highest BCUT2D eigenvalue weighted by Gasteiger charge is 2.01. The van der Waals surface area contributed by atoms with Crippen molar-refractivity contribution in [3.05, 3.63) is 42.1 Å². The Morgan fingerprint density at radius 3 is 2.81 bits per heavy atom. The van der Waals surface area contributed by atoms with Gasteiger partial charge in [-0.05, 0) is 19.2 Å². The molecule has 84 valence electrons. The summed E-state index contributed by atoms with van der Waals surface area (Å²) in [4.78, 5) is 6.79. The minimum absolute atomic E-state index is 0.685. The molecule has 0 amide bonds. The third-order valence-corrected chi connectivity index (χ3v) is 2.60. The zero-order valence-electron chi connectivity index (χ0n) is 9.56. The first kappa shape index (κ1) is 11.0. The summed E-state index contributed by atoms with van der Waals surface area (Å²) in [6.45, 7) is 2.43. The molecule has 0 spiro atoms. The zero-order chi connectivity index (χ0) is 11.4. The Labute approximate surface area is 95.9 Å². The van der Waals surface area contributed by atoms with E-state index in [-0.39, 0.29) is 0 Å². The van der Waals surface area contributed by atoms with E-state index in [1.807, 2.05) is 18.2 Å². The predicted octanol–water partition coefficient (Wildman–Crippen LogP) is 1.63. The van der Waals surface area contributed by atoms with Gasteiger partial charge in [0.2, 0.25) is 0 Å². The first-order valence-corrected chi connectivity index (χ1v) is 5.53. The lowest BCUT2D eigenvalue weighted by atomic mass is 10.2. The molecule has 0 saturated carbocycles. The molecule has 0 aliphatic rings. The van der Waals surface area contributed by atoms with E-state index < -0.39 is 0 Å². The van der Waals surface area contributed by atoms with Crippen LogP contribution < -0.4 is 5.73 Å². The Morgan fingerprint density at radius 2 is 2.00 bits per heavy atom. The van der Waals surface area contributed by atoms with E-state index in [4.69, 9.17) is 5.73 Å². The largest absolute Gasteiger partial charge is 0.329 e. The van der Waals surface area contributed by atoms with Gasteiger partial charge in [-0.3, -0.25) is 9.88 Å². The topological polar surface area (TPSA) is 42.1 Å². The highest BCUT2D eigenvalue weighted by atomic mass is 15.1. The van der Waals surface area contributed by atoms with Gasteiger partial charge in [0.1, 0.15) is 0 Å². The Bertz CT molecular complexity index is 467. The lowest BCUT2D eigenvalue weighted by Crippen LogP contribution is -2.25. The van der Waals surface area contributed by atoms with Gasteiger partial charge < -0.3 is 5.73 Å². The van der Waals surface area contributed by atoms with Crippen LogP contribution in [0.15, 0.2) is 36.4 Å². The third kappa shape index (κ3) is 2.56. The molecule has 2 N–H and O–H groups in total. The van der Waals surface area contributed by atoms with Gasteiger partial charge in [-0.25, -0.2) is 0 Å². The minimum Gasteiger partial charge on any atom is -0.329 e. The van der Waals surface area contributed by atoms with Crippen molar-refractivity contribution >= 4 is 10.9 Å². The summed E-state index contributed by atoms with van der Waals surface area (Å²) in [5.74, 6) is 0. The Hall–Kier alpha value is -1.45. The van der Waals surface area contributed by atoms with Gasteiger partial charge >= 0.3 is 0 Å². The van der Waals surface area contributed by atoms with Crippen molar-refractivity contribution in [3.63, 3.8) is 0 Å². The minimum atomic E-state index is 0.685. The molecule has 0 aliphatic heterocycles. The monoisotopic (exact) mass is 215 g/mol. The quantitative estimate of drug-likeness (QED) is 0.842. The number of aromatic nitrogens is 1. The molecular formula is C13H17N3. The van der Waals surface area contributed by atoms with Gasteiger partial charge in [-0.15, -0.1) is 0 Å². The number of rotatable bonds is 4. The van der Waals surface area contributed by atoms with Crippen LogP contribution in [0.4, 0.5) is 0 Å². The van der Waals surface area contributed by atoms with E-state index >= 15 is 0 Å². The summed E-state index contributed by atoms with van der Waals surface area (Å²) >= 11 is 0. The number of hydrogen-bond acceptors (Lipinski definition) is 3. The molecule has 0 atom stereocenters. The second-order valence-corrected chi connectivity index (χ2v) is 4.02. The second-order valence-electron chi connectivity index (χ2n) is 4.02. The van der Waals surface area contributed by atoms with E-state index in [9.17, 15) is 0 Å². The zero-order valence-corrected chi connectivity index (χ0v) is 9.56. The molecule has 16 heavy (non-hydrogen) atoms. The van der Waals surface area contributed by atoms with Crippen LogP contribution in [0.1, 0.15) is 5.69 Å². The van der Waals surface area contributed by atoms with Crippen LogP contribution in [-0.2, 0) is 6.54 Å². The van der Waals surface area contributed by atoms with Crippen LogP contribution in [0, 0.1) is 0 Å². The fraction of sp³-hybridized carbons (Fsp3) is 0.308. The summed E-state index contributed by atoms with van der Waals surface area (Å²) in [6.07, 6.45) is 0. The molecule has 0 fully saturated rings. The van der Waals surface area contributed by atoms with Crippen molar-refractivity contribution in [3.8, 4) is 0 Å². The Morgan fingerprint density at radius 1 is 1.19 bits per heavy atom. The maximum Gasteiger partial charge on any atom is 0.0705 e. The molecule has 0 radical (unpaired) electrons. The number of fused-ring (bicyclic) bond motifs is 1. The van der Waals surface area contributed by atoms with Crippen LogP contribution in [0.25, 0.3) is 10.9 Å². The van der Waals surface area contributed by atoms with Crippen LogP contribution in [0.2, 0.25) is 0 Å². The molecule has 0 aliphatic carbocycles. The van der Waals surface area contributed by atoms with Crippen molar-refractivity contribution in [2.24, 2.45) is 5.73 Å². The number of para-hydroxylation sites is 1. The number of hydrogen-bond donors (Lipinski definition) is 1. The highest BCUT2D eigenvalue weighted by Crippen LogP contribution is 2.12. The number of likely N-dealkylation sites (N-methyl/N-ethyl adjacent to an activating group) is 1. The van der Waals surface area contributed by atoms with Crippen LogP contribution in [-0.4, -0.2) is 30.0 Å². The van der Waals surface area contributed by atoms with Crippen molar-refractivity contribution in [2.45, 2.75) is 6.54 Å². The normalized spacial score (nSPS) is 11.2. The first-order chi connectivity index (χ1) is 7.79. The molecule has 2 aromatic rings. The number of benzene rings is 1. The maximum absolute atomic E-state index is 5.51. The van der Waals surface area contributed by atoms with E-state index in [2.05, 4.69) is 35.1 Å². The number of nitrogens with two attached hydrogens (primary N) is 1. The van der Waals surface area contributed by atoms with Gasteiger partial charge in [0.05, 0.1) is 11.2 Å². The van der Waals surface area contributed by atoms with E-state index in [0.29, 0.717) is 6.54 Å². The third-order valence-electron chi connectivity index (χ3n) is 2.60. The van der Waals surface area contributed by atoms with Crippen molar-refractivity contribution < 1.29 is 0 Å². The molecule has 2 rings (SSSR count). The predicted molar refractivity (Wildman–Crippen MR) is 67.1 cm³/mol. The summed E-state index contributed by atoms with van der Waals surface area (Å²) in [5.41, 5.74) is 7.66. The smallest absolute Gasteiger partial charge is 0.0705 e. The molecule has 1 heterocycles. The van der Waals surface area contributed by atoms with Crippen LogP contribution in [0.5, 0.6) is 0 Å². The van der Waals surface area contributed by atoms with Crippen LogP contribution >= 0.6 is 0 Å². The Balaban J connectivity index is 2.19. The lowest BCUT2D eigenvalue weighted by molar-refractivity contribution is 0.332. The second kappa shape index (κ2) is 5.05. The van der Waals surface area contributed by atoms with Gasteiger partial charge in [0, 0.05) is 25.0 Å². The van der Waals surface area contributed by atoms with Gasteiger partial charge in [-0.2, -0.15) is 0 Å². The molecule has 3 heteroatoms. The molecule has 0 bridgehead atoms. The fourth-order valence-electron chi connectivity index (χ4n) is 1.77. The summed E-state index contributed by atoms with van der Waals surface area (Å²) in [5, 5.41) is 1.19. The summed E-state index contributed by atoms with van der Waals surface area (Å²) < 4.78 is 0. The standard InChI is InChI=1S/C13H17N3/c1-16(9-8-14)10-12-7-6-11-4-2-3-5-13(11)15-12/h2-7H,8-10,14H2,1H3. The Kier molecular flexibility index (Phi) is 3.49. The average molecular weight is 215 g/mol. The number of nitrogens with zero attached hydrogens (tertiary/aromatic N) is 2. The van der Waals surface area contributed by atoms with Gasteiger partial charge in [0.15, 0.2) is 0 Å². The maximum atomic E-state index is 5.51. The van der Waals surface area contributed by atoms with Crippen molar-refractivity contribution in [2.75, 3.05) is 20.1 Å². The van der Waals surface area contributed by atoms with Gasteiger partial charge in [-0.1, -0.05) is 24.3 Å². The molecule has 1 aromatic heterocycles.